The molecule has 2 atom stereocenters. The summed E-state index contributed by atoms with van der Waals surface area (Å²) < 4.78 is 0. The summed E-state index contributed by atoms with van der Waals surface area (Å²) in [5.74, 6) is 0.708. The molecule has 2 unspecified atom stereocenters. The summed E-state index contributed by atoms with van der Waals surface area (Å²) in [6.45, 7) is 3.67. The Morgan fingerprint density at radius 1 is 1.33 bits per heavy atom. The van der Waals surface area contributed by atoms with Crippen LogP contribution in [0.3, 0.4) is 0 Å². The van der Waals surface area contributed by atoms with Crippen molar-refractivity contribution < 1.29 is 4.79 Å². The van der Waals surface area contributed by atoms with Crippen LogP contribution in [0.1, 0.15) is 59.1 Å². The number of hydrogen-bond acceptors (Lipinski definition) is 3. The number of nitrogens with two attached hydrogens (primary N) is 1. The van der Waals surface area contributed by atoms with Crippen LogP contribution >= 0.6 is 11.3 Å². The third kappa shape index (κ3) is 3.16. The van der Waals surface area contributed by atoms with E-state index in [1.54, 1.807) is 11.3 Å². The summed E-state index contributed by atoms with van der Waals surface area (Å²) in [7, 11) is 0. The fourth-order valence-corrected chi connectivity index (χ4v) is 4.90. The zero-order chi connectivity index (χ0) is 14.8. The lowest BCUT2D eigenvalue weighted by molar-refractivity contribution is 0.0748. The van der Waals surface area contributed by atoms with Gasteiger partial charge in [-0.1, -0.05) is 12.8 Å². The van der Waals surface area contributed by atoms with Crippen molar-refractivity contribution >= 4 is 17.2 Å². The van der Waals surface area contributed by atoms with Gasteiger partial charge in [0.15, 0.2) is 0 Å². The van der Waals surface area contributed by atoms with Crippen molar-refractivity contribution in [2.45, 2.75) is 57.9 Å². The van der Waals surface area contributed by atoms with Crippen molar-refractivity contribution in [3.63, 3.8) is 0 Å². The monoisotopic (exact) mass is 306 g/mol. The molecule has 0 bridgehead atoms. The minimum atomic E-state index is 0.232. The second-order valence-corrected chi connectivity index (χ2v) is 7.75. The van der Waals surface area contributed by atoms with Crippen LogP contribution < -0.4 is 5.73 Å². The highest BCUT2D eigenvalue weighted by atomic mass is 32.1. The van der Waals surface area contributed by atoms with E-state index in [1.807, 2.05) is 4.90 Å². The van der Waals surface area contributed by atoms with Gasteiger partial charge in [-0.25, -0.2) is 0 Å². The maximum Gasteiger partial charge on any atom is 0.264 e. The predicted molar refractivity (Wildman–Crippen MR) is 87.9 cm³/mol. The zero-order valence-corrected chi connectivity index (χ0v) is 13.8. The Hall–Kier alpha value is -0.870. The summed E-state index contributed by atoms with van der Waals surface area (Å²) in [4.78, 5) is 17.3. The van der Waals surface area contributed by atoms with Crippen LogP contribution in [0.25, 0.3) is 0 Å². The highest BCUT2D eigenvalue weighted by Gasteiger charge is 2.33. The summed E-state index contributed by atoms with van der Waals surface area (Å²) in [5.41, 5.74) is 7.21. The normalized spacial score (nSPS) is 26.3. The number of carbonyl (C=O) groups excluding carboxylic acids is 1. The highest BCUT2D eigenvalue weighted by molar-refractivity contribution is 7.14. The molecule has 3 rings (SSSR count). The molecule has 0 aromatic carbocycles. The van der Waals surface area contributed by atoms with Crippen molar-refractivity contribution in [3.05, 3.63) is 21.4 Å². The molecule has 1 amide bonds. The van der Waals surface area contributed by atoms with Gasteiger partial charge < -0.3 is 10.6 Å². The van der Waals surface area contributed by atoms with Gasteiger partial charge in [0, 0.05) is 17.5 Å². The summed E-state index contributed by atoms with van der Waals surface area (Å²) in [6, 6.07) is 2.51. The molecule has 1 fully saturated rings. The first kappa shape index (κ1) is 15.0. The Balaban J connectivity index is 1.77. The number of fused-ring (bicyclic) bond motifs is 1. The van der Waals surface area contributed by atoms with Crippen LogP contribution in [0.2, 0.25) is 0 Å². The molecule has 0 saturated carbocycles. The smallest absolute Gasteiger partial charge is 0.264 e. The summed E-state index contributed by atoms with van der Waals surface area (Å²) >= 11 is 1.74. The number of hydrogen-bond donors (Lipinski definition) is 1. The van der Waals surface area contributed by atoms with Crippen LogP contribution in [-0.4, -0.2) is 29.9 Å². The van der Waals surface area contributed by atoms with E-state index >= 15 is 0 Å². The van der Waals surface area contributed by atoms with E-state index in [2.05, 4.69) is 13.0 Å². The zero-order valence-electron chi connectivity index (χ0n) is 12.9. The number of amides is 1. The first-order chi connectivity index (χ1) is 10.2. The van der Waals surface area contributed by atoms with Crippen LogP contribution in [-0.2, 0) is 12.8 Å². The van der Waals surface area contributed by atoms with Gasteiger partial charge in [0.05, 0.1) is 4.88 Å². The third-order valence-electron chi connectivity index (χ3n) is 4.96. The Morgan fingerprint density at radius 2 is 2.10 bits per heavy atom. The Morgan fingerprint density at radius 3 is 2.81 bits per heavy atom. The standard InChI is InChI=1S/C17H26N2OS/c1-12-8-13(10-18)11-19(12)17(20)16-9-14-6-4-2-3-5-7-15(14)21-16/h9,12-13H,2-8,10-11,18H2,1H3. The van der Waals surface area contributed by atoms with Crippen molar-refractivity contribution in [1.82, 2.24) is 4.90 Å². The number of rotatable bonds is 2. The number of thiophene rings is 1. The number of likely N-dealkylation sites (tertiary alicyclic amines) is 1. The second kappa shape index (κ2) is 6.49. The van der Waals surface area contributed by atoms with Crippen LogP contribution in [0.5, 0.6) is 0 Å². The molecule has 1 aromatic heterocycles. The predicted octanol–water partition coefficient (Wildman–Crippen LogP) is 3.22. The molecule has 116 valence electrons. The fourth-order valence-electron chi connectivity index (χ4n) is 3.69. The molecular weight excluding hydrogens is 280 g/mol. The highest BCUT2D eigenvalue weighted by Crippen LogP contribution is 2.31. The van der Waals surface area contributed by atoms with Crippen molar-refractivity contribution in [2.24, 2.45) is 11.7 Å². The van der Waals surface area contributed by atoms with E-state index in [9.17, 15) is 4.79 Å². The average molecular weight is 306 g/mol. The van der Waals surface area contributed by atoms with E-state index in [1.165, 1.54) is 36.1 Å². The molecule has 3 nitrogen and oxygen atoms in total. The van der Waals surface area contributed by atoms with Gasteiger partial charge in [-0.05, 0) is 63.1 Å². The Kier molecular flexibility index (Phi) is 4.65. The van der Waals surface area contributed by atoms with Crippen molar-refractivity contribution in [1.29, 1.82) is 0 Å². The lowest BCUT2D eigenvalue weighted by Gasteiger charge is -2.20. The number of nitrogens with zero attached hydrogens (tertiary/aromatic N) is 1. The molecule has 2 heterocycles. The SMILES string of the molecule is CC1CC(CN)CN1C(=O)c1cc2c(s1)CCCCCC2. The average Bonchev–Trinajstić information content (AvgIpc) is 3.02. The van der Waals surface area contributed by atoms with E-state index in [-0.39, 0.29) is 5.91 Å². The Labute approximate surface area is 131 Å². The van der Waals surface area contributed by atoms with Gasteiger partial charge in [0.25, 0.3) is 5.91 Å². The second-order valence-electron chi connectivity index (χ2n) is 6.62. The molecule has 1 saturated heterocycles. The quantitative estimate of drug-likeness (QED) is 0.912. The van der Waals surface area contributed by atoms with Gasteiger partial charge in [-0.15, -0.1) is 11.3 Å². The van der Waals surface area contributed by atoms with E-state index in [4.69, 9.17) is 5.73 Å². The minimum Gasteiger partial charge on any atom is -0.335 e. The topological polar surface area (TPSA) is 46.3 Å². The first-order valence-corrected chi connectivity index (χ1v) is 9.13. The fraction of sp³-hybridized carbons (Fsp3) is 0.706. The minimum absolute atomic E-state index is 0.232. The van der Waals surface area contributed by atoms with Gasteiger partial charge in [0.2, 0.25) is 0 Å². The maximum atomic E-state index is 12.8. The summed E-state index contributed by atoms with van der Waals surface area (Å²) in [6.07, 6.45) is 8.58. The summed E-state index contributed by atoms with van der Waals surface area (Å²) in [5, 5.41) is 0. The maximum absolute atomic E-state index is 12.8. The van der Waals surface area contributed by atoms with Crippen LogP contribution in [0, 0.1) is 5.92 Å². The number of carbonyl (C=O) groups is 1. The third-order valence-corrected chi connectivity index (χ3v) is 6.19. The molecule has 21 heavy (non-hydrogen) atoms. The molecule has 2 N–H and O–H groups in total. The van der Waals surface area contributed by atoms with Crippen molar-refractivity contribution in [2.75, 3.05) is 13.1 Å². The lowest BCUT2D eigenvalue weighted by Crippen LogP contribution is -2.33. The molecule has 4 heteroatoms. The molecule has 0 spiro atoms. The molecule has 1 aliphatic carbocycles. The van der Waals surface area contributed by atoms with Gasteiger partial charge in [0.1, 0.15) is 0 Å². The van der Waals surface area contributed by atoms with Crippen molar-refractivity contribution in [3.8, 4) is 0 Å². The molecule has 1 aromatic rings. The lowest BCUT2D eigenvalue weighted by atomic mass is 10.00. The van der Waals surface area contributed by atoms with E-state index in [0.29, 0.717) is 18.5 Å². The van der Waals surface area contributed by atoms with E-state index < -0.39 is 0 Å². The van der Waals surface area contributed by atoms with Gasteiger partial charge >= 0.3 is 0 Å². The molecule has 2 aliphatic rings. The van der Waals surface area contributed by atoms with Gasteiger partial charge in [-0.2, -0.15) is 0 Å². The largest absolute Gasteiger partial charge is 0.335 e. The molecular formula is C17H26N2OS. The van der Waals surface area contributed by atoms with Crippen LogP contribution in [0.4, 0.5) is 0 Å². The molecule has 0 radical (unpaired) electrons. The molecule has 1 aliphatic heterocycles. The number of aryl methyl sites for hydroxylation is 2. The van der Waals surface area contributed by atoms with E-state index in [0.717, 1.165) is 30.7 Å². The Bertz CT molecular complexity index is 485. The van der Waals surface area contributed by atoms with Gasteiger partial charge in [-0.3, -0.25) is 4.79 Å². The van der Waals surface area contributed by atoms with Crippen LogP contribution in [0.15, 0.2) is 6.07 Å². The first-order valence-electron chi connectivity index (χ1n) is 8.31.